The van der Waals surface area contributed by atoms with Crippen LogP contribution in [0, 0.1) is 0 Å². The van der Waals surface area contributed by atoms with E-state index in [-0.39, 0.29) is 42.8 Å². The Balaban J connectivity index is 2.20. The molecule has 0 radical (unpaired) electrons. The molecule has 1 N–H and O–H groups in total. The molecular formula is C24H31Cl2N3O5S. The Labute approximate surface area is 217 Å². The van der Waals surface area contributed by atoms with E-state index < -0.39 is 16.1 Å². The summed E-state index contributed by atoms with van der Waals surface area (Å²) < 4.78 is 31.2. The monoisotopic (exact) mass is 543 g/mol. The van der Waals surface area contributed by atoms with Crippen LogP contribution >= 0.6 is 23.2 Å². The van der Waals surface area contributed by atoms with Crippen LogP contribution in [-0.2, 0) is 26.2 Å². The second kappa shape index (κ2) is 13.0. The first-order chi connectivity index (χ1) is 16.5. The second-order valence-electron chi connectivity index (χ2n) is 7.94. The molecule has 0 aliphatic heterocycles. The minimum absolute atomic E-state index is 0.0526. The van der Waals surface area contributed by atoms with Crippen molar-refractivity contribution in [3.63, 3.8) is 0 Å². The van der Waals surface area contributed by atoms with E-state index in [0.717, 1.165) is 11.8 Å². The van der Waals surface area contributed by atoms with Crippen LogP contribution in [-0.4, -0.2) is 58.1 Å². The first-order valence-electron chi connectivity index (χ1n) is 11.1. The summed E-state index contributed by atoms with van der Waals surface area (Å²) in [5, 5.41) is 3.46. The van der Waals surface area contributed by atoms with Gasteiger partial charge < -0.3 is 15.0 Å². The Morgan fingerprint density at radius 2 is 1.77 bits per heavy atom. The minimum atomic E-state index is -3.63. The van der Waals surface area contributed by atoms with E-state index >= 15 is 0 Å². The zero-order valence-corrected chi connectivity index (χ0v) is 22.6. The molecule has 2 amide bonds. The molecule has 0 fully saturated rings. The number of rotatable bonds is 12. The standard InChI is InChI=1S/C24H31Cl2N3O5S/c1-5-21(24(31)27-2)28(16-17-8-10-18(25)11-9-17)23(30)7-6-14-29(35(4,32)33)19-12-13-22(34-3)20(26)15-19/h8-13,15,21H,5-7,14,16H2,1-4H3,(H,27,31)/t21-/m1/s1. The second-order valence-corrected chi connectivity index (χ2v) is 10.7. The van der Waals surface area contributed by atoms with Gasteiger partial charge in [-0.2, -0.15) is 0 Å². The maximum absolute atomic E-state index is 13.3. The van der Waals surface area contributed by atoms with Crippen molar-refractivity contribution in [3.8, 4) is 5.75 Å². The molecule has 0 saturated carbocycles. The van der Waals surface area contributed by atoms with Crippen LogP contribution in [0.15, 0.2) is 42.5 Å². The smallest absolute Gasteiger partial charge is 0.242 e. The summed E-state index contributed by atoms with van der Waals surface area (Å²) in [7, 11) is -0.632. The maximum atomic E-state index is 13.3. The minimum Gasteiger partial charge on any atom is -0.495 e. The van der Waals surface area contributed by atoms with Crippen LogP contribution in [0.1, 0.15) is 31.7 Å². The Bertz CT molecular complexity index is 1130. The SMILES string of the molecule is CC[C@H](C(=O)NC)N(Cc1ccc(Cl)cc1)C(=O)CCCN(c1ccc(OC)c(Cl)c1)S(C)(=O)=O. The summed E-state index contributed by atoms with van der Waals surface area (Å²) in [5.41, 5.74) is 1.20. The lowest BCUT2D eigenvalue weighted by molar-refractivity contribution is -0.141. The van der Waals surface area contributed by atoms with Gasteiger partial charge >= 0.3 is 0 Å². The highest BCUT2D eigenvalue weighted by Crippen LogP contribution is 2.30. The Morgan fingerprint density at radius 3 is 2.29 bits per heavy atom. The van der Waals surface area contributed by atoms with Gasteiger partial charge in [-0.1, -0.05) is 42.3 Å². The van der Waals surface area contributed by atoms with Gasteiger partial charge in [0.15, 0.2) is 0 Å². The van der Waals surface area contributed by atoms with Crippen LogP contribution in [0.4, 0.5) is 5.69 Å². The number of nitrogens with one attached hydrogen (secondary N) is 1. The van der Waals surface area contributed by atoms with Crippen LogP contribution < -0.4 is 14.4 Å². The number of carbonyl (C=O) groups excluding carboxylic acids is 2. The molecule has 192 valence electrons. The molecule has 11 heteroatoms. The van der Waals surface area contributed by atoms with Crippen molar-refractivity contribution in [1.82, 2.24) is 10.2 Å². The number of benzene rings is 2. The van der Waals surface area contributed by atoms with Gasteiger partial charge in [0, 0.05) is 31.6 Å². The van der Waals surface area contributed by atoms with Crippen LogP contribution in [0.5, 0.6) is 5.75 Å². The first-order valence-corrected chi connectivity index (χ1v) is 13.7. The van der Waals surface area contributed by atoms with Gasteiger partial charge in [-0.05, 0) is 48.7 Å². The van der Waals surface area contributed by atoms with Crippen LogP contribution in [0.25, 0.3) is 0 Å². The van der Waals surface area contributed by atoms with Crippen LogP contribution in [0.3, 0.4) is 0 Å². The third-order valence-electron chi connectivity index (χ3n) is 5.47. The fourth-order valence-electron chi connectivity index (χ4n) is 3.69. The molecule has 1 atom stereocenters. The maximum Gasteiger partial charge on any atom is 0.242 e. The number of halogens is 2. The van der Waals surface area contributed by atoms with E-state index in [1.807, 2.05) is 6.92 Å². The zero-order valence-electron chi connectivity index (χ0n) is 20.3. The number of nitrogens with zero attached hydrogens (tertiary/aromatic N) is 2. The van der Waals surface area contributed by atoms with Gasteiger partial charge in [-0.25, -0.2) is 8.42 Å². The molecule has 8 nitrogen and oxygen atoms in total. The molecule has 0 bridgehead atoms. The summed E-state index contributed by atoms with van der Waals surface area (Å²) in [5.74, 6) is -0.0891. The number of hydrogen-bond acceptors (Lipinski definition) is 5. The van der Waals surface area contributed by atoms with E-state index in [1.165, 1.54) is 29.4 Å². The zero-order chi connectivity index (χ0) is 26.2. The average molecular weight is 545 g/mol. The molecule has 35 heavy (non-hydrogen) atoms. The fraction of sp³-hybridized carbons (Fsp3) is 0.417. The molecular weight excluding hydrogens is 513 g/mol. The van der Waals surface area contributed by atoms with Gasteiger partial charge in [-0.15, -0.1) is 0 Å². The average Bonchev–Trinajstić information content (AvgIpc) is 2.81. The molecule has 0 spiro atoms. The van der Waals surface area contributed by atoms with Crippen molar-refractivity contribution in [3.05, 3.63) is 58.1 Å². The van der Waals surface area contributed by atoms with Gasteiger partial charge in [0.2, 0.25) is 21.8 Å². The number of anilines is 1. The van der Waals surface area contributed by atoms with Crippen molar-refractivity contribution in [2.45, 2.75) is 38.8 Å². The van der Waals surface area contributed by atoms with E-state index in [1.54, 1.807) is 36.4 Å². The number of carbonyl (C=O) groups is 2. The predicted octanol–water partition coefficient (Wildman–Crippen LogP) is 4.10. The highest BCUT2D eigenvalue weighted by atomic mass is 35.5. The van der Waals surface area contributed by atoms with E-state index in [0.29, 0.717) is 22.9 Å². The lowest BCUT2D eigenvalue weighted by atomic mass is 10.1. The Kier molecular flexibility index (Phi) is 10.7. The van der Waals surface area contributed by atoms with Crippen LogP contribution in [0.2, 0.25) is 10.0 Å². The van der Waals surface area contributed by atoms with Crippen molar-refractivity contribution >= 4 is 50.7 Å². The molecule has 0 unspecified atom stereocenters. The van der Waals surface area contributed by atoms with E-state index in [9.17, 15) is 18.0 Å². The fourth-order valence-corrected chi connectivity index (χ4v) is 5.02. The first kappa shape index (κ1) is 28.7. The van der Waals surface area contributed by atoms with Crippen molar-refractivity contribution in [2.75, 3.05) is 31.3 Å². The third kappa shape index (κ3) is 8.02. The summed E-state index contributed by atoms with van der Waals surface area (Å²) in [6, 6.07) is 11.1. The van der Waals surface area contributed by atoms with Gasteiger partial charge in [0.25, 0.3) is 0 Å². The number of amides is 2. The highest BCUT2D eigenvalue weighted by Gasteiger charge is 2.28. The van der Waals surface area contributed by atoms with Gasteiger partial charge in [0.05, 0.1) is 24.1 Å². The van der Waals surface area contributed by atoms with Gasteiger partial charge in [0.1, 0.15) is 11.8 Å². The summed E-state index contributed by atoms with van der Waals surface area (Å²) in [6.45, 7) is 2.13. The third-order valence-corrected chi connectivity index (χ3v) is 7.22. The predicted molar refractivity (Wildman–Crippen MR) is 140 cm³/mol. The number of sulfonamides is 1. The molecule has 0 aliphatic rings. The molecule has 2 rings (SSSR count). The van der Waals surface area contributed by atoms with Crippen molar-refractivity contribution in [1.29, 1.82) is 0 Å². The van der Waals surface area contributed by atoms with Crippen molar-refractivity contribution in [2.24, 2.45) is 0 Å². The molecule has 0 aliphatic carbocycles. The van der Waals surface area contributed by atoms with E-state index in [2.05, 4.69) is 5.32 Å². The number of hydrogen-bond donors (Lipinski definition) is 1. The van der Waals surface area contributed by atoms with Crippen molar-refractivity contribution < 1.29 is 22.7 Å². The van der Waals surface area contributed by atoms with Gasteiger partial charge in [-0.3, -0.25) is 13.9 Å². The summed E-state index contributed by atoms with van der Waals surface area (Å²) in [6.07, 6.45) is 1.82. The number of likely N-dealkylation sites (N-methyl/N-ethyl adjacent to an activating group) is 1. The highest BCUT2D eigenvalue weighted by molar-refractivity contribution is 7.92. The van der Waals surface area contributed by atoms with E-state index in [4.69, 9.17) is 27.9 Å². The molecule has 2 aromatic rings. The summed E-state index contributed by atoms with van der Waals surface area (Å²) >= 11 is 12.1. The quantitative estimate of drug-likeness (QED) is 0.434. The Hall–Kier alpha value is -2.49. The largest absolute Gasteiger partial charge is 0.495 e. The molecule has 0 aromatic heterocycles. The normalized spacial score (nSPS) is 12.1. The Morgan fingerprint density at radius 1 is 1.11 bits per heavy atom. The molecule has 0 saturated heterocycles. The lowest BCUT2D eigenvalue weighted by Crippen LogP contribution is -2.48. The number of methoxy groups -OCH3 is 1. The number of ether oxygens (including phenoxy) is 1. The lowest BCUT2D eigenvalue weighted by Gasteiger charge is -2.31. The summed E-state index contributed by atoms with van der Waals surface area (Å²) in [4.78, 5) is 27.3. The topological polar surface area (TPSA) is 96.0 Å². The molecule has 0 heterocycles. The molecule has 2 aromatic carbocycles.